The fourth-order valence-electron chi connectivity index (χ4n) is 2.21. The van der Waals surface area contributed by atoms with Crippen molar-refractivity contribution in [3.8, 4) is 5.69 Å². The first-order valence-corrected chi connectivity index (χ1v) is 6.93. The maximum absolute atomic E-state index is 10.3. The number of benzene rings is 1. The van der Waals surface area contributed by atoms with E-state index in [1.54, 1.807) is 12.4 Å². The van der Waals surface area contributed by atoms with Crippen molar-refractivity contribution in [1.82, 2.24) is 24.5 Å². The number of nitrogens with zero attached hydrogens (tertiary/aromatic N) is 5. The average Bonchev–Trinajstić information content (AvgIpc) is 3.17. The molecule has 0 radical (unpaired) electrons. The van der Waals surface area contributed by atoms with Gasteiger partial charge in [0.25, 0.3) is 0 Å². The van der Waals surface area contributed by atoms with Gasteiger partial charge in [-0.05, 0) is 19.1 Å². The Morgan fingerprint density at radius 1 is 1.24 bits per heavy atom. The molecular formula is C15H17N5O. The van der Waals surface area contributed by atoms with Crippen LogP contribution in [0.3, 0.4) is 0 Å². The lowest BCUT2D eigenvalue weighted by Crippen LogP contribution is -2.09. The van der Waals surface area contributed by atoms with Gasteiger partial charge in [0, 0.05) is 25.4 Å². The molecule has 0 amide bonds. The zero-order valence-electron chi connectivity index (χ0n) is 11.8. The molecule has 0 saturated heterocycles. The Labute approximate surface area is 122 Å². The predicted octanol–water partition coefficient (Wildman–Crippen LogP) is 1.76. The van der Waals surface area contributed by atoms with Crippen LogP contribution < -0.4 is 0 Å². The third-order valence-corrected chi connectivity index (χ3v) is 3.36. The van der Waals surface area contributed by atoms with Gasteiger partial charge < -0.3 is 9.67 Å². The lowest BCUT2D eigenvalue weighted by molar-refractivity contribution is 0.169. The number of hydrogen-bond donors (Lipinski definition) is 1. The Morgan fingerprint density at radius 2 is 2.05 bits per heavy atom. The monoisotopic (exact) mass is 283 g/mol. The van der Waals surface area contributed by atoms with Gasteiger partial charge in [-0.2, -0.15) is 15.0 Å². The fourth-order valence-corrected chi connectivity index (χ4v) is 2.21. The molecule has 1 N–H and O–H groups in total. The molecule has 108 valence electrons. The molecule has 0 saturated carbocycles. The van der Waals surface area contributed by atoms with Gasteiger partial charge in [0.1, 0.15) is 17.6 Å². The number of hydrogen-bond acceptors (Lipinski definition) is 4. The third kappa shape index (κ3) is 2.85. The molecule has 1 unspecified atom stereocenters. The minimum Gasteiger partial charge on any atom is -0.386 e. The van der Waals surface area contributed by atoms with E-state index in [0.29, 0.717) is 12.1 Å². The van der Waals surface area contributed by atoms with Crippen molar-refractivity contribution >= 4 is 0 Å². The molecule has 0 aliphatic rings. The lowest BCUT2D eigenvalue weighted by atomic mass is 10.2. The number of aryl methyl sites for hydroxylation is 1. The van der Waals surface area contributed by atoms with Gasteiger partial charge in [0.05, 0.1) is 11.9 Å². The number of aromatic nitrogens is 5. The Balaban J connectivity index is 1.77. The molecular weight excluding hydrogens is 266 g/mol. The van der Waals surface area contributed by atoms with Crippen molar-refractivity contribution in [2.24, 2.45) is 0 Å². The Hall–Kier alpha value is -2.47. The van der Waals surface area contributed by atoms with E-state index in [0.717, 1.165) is 18.1 Å². The summed E-state index contributed by atoms with van der Waals surface area (Å²) in [5, 5.41) is 18.8. The summed E-state index contributed by atoms with van der Waals surface area (Å²) in [6, 6.07) is 9.62. The Bertz CT molecular complexity index is 704. The van der Waals surface area contributed by atoms with Crippen LogP contribution in [0.4, 0.5) is 0 Å². The highest BCUT2D eigenvalue weighted by atomic mass is 16.3. The third-order valence-electron chi connectivity index (χ3n) is 3.36. The van der Waals surface area contributed by atoms with Gasteiger partial charge in [0.2, 0.25) is 0 Å². The summed E-state index contributed by atoms with van der Waals surface area (Å²) >= 11 is 0. The van der Waals surface area contributed by atoms with Crippen molar-refractivity contribution in [3.63, 3.8) is 0 Å². The molecule has 6 nitrogen and oxygen atoms in total. The molecule has 3 rings (SSSR count). The van der Waals surface area contributed by atoms with Crippen LogP contribution in [0.1, 0.15) is 24.5 Å². The molecule has 2 aromatic heterocycles. The van der Waals surface area contributed by atoms with Crippen LogP contribution in [0.2, 0.25) is 0 Å². The summed E-state index contributed by atoms with van der Waals surface area (Å²) in [4.78, 5) is 5.78. The van der Waals surface area contributed by atoms with E-state index in [9.17, 15) is 5.11 Å². The smallest absolute Gasteiger partial charge is 0.112 e. The Kier molecular flexibility index (Phi) is 3.79. The molecule has 21 heavy (non-hydrogen) atoms. The predicted molar refractivity (Wildman–Crippen MR) is 77.9 cm³/mol. The van der Waals surface area contributed by atoms with Crippen LogP contribution >= 0.6 is 0 Å². The van der Waals surface area contributed by atoms with Crippen LogP contribution in [0.25, 0.3) is 5.69 Å². The minimum absolute atomic E-state index is 0.425. The van der Waals surface area contributed by atoms with E-state index in [2.05, 4.69) is 15.2 Å². The lowest BCUT2D eigenvalue weighted by Gasteiger charge is -2.08. The maximum atomic E-state index is 10.3. The van der Waals surface area contributed by atoms with Crippen molar-refractivity contribution < 1.29 is 5.11 Å². The highest BCUT2D eigenvalue weighted by Gasteiger charge is 2.16. The number of aliphatic hydroxyl groups is 1. The molecule has 1 atom stereocenters. The fraction of sp³-hybridized carbons (Fsp3) is 0.267. The molecule has 0 spiro atoms. The first-order valence-electron chi connectivity index (χ1n) is 6.93. The van der Waals surface area contributed by atoms with E-state index in [-0.39, 0.29) is 0 Å². The van der Waals surface area contributed by atoms with Gasteiger partial charge in [0.15, 0.2) is 0 Å². The molecule has 0 fully saturated rings. The van der Waals surface area contributed by atoms with Gasteiger partial charge in [-0.15, -0.1) is 0 Å². The zero-order valence-corrected chi connectivity index (χ0v) is 11.8. The summed E-state index contributed by atoms with van der Waals surface area (Å²) in [6.07, 6.45) is 4.95. The van der Waals surface area contributed by atoms with E-state index in [1.165, 1.54) is 4.80 Å². The molecule has 3 aromatic rings. The standard InChI is InChI=1S/C15H17N5O/c1-2-19-9-8-16-15(19)10-14(21)13-11-17-20(18-13)12-6-4-3-5-7-12/h3-9,11,14,21H,2,10H2,1H3. The number of rotatable bonds is 5. The maximum Gasteiger partial charge on any atom is 0.112 e. The van der Waals surface area contributed by atoms with Crippen LogP contribution in [0.15, 0.2) is 48.9 Å². The first-order chi connectivity index (χ1) is 10.3. The number of imidazole rings is 1. The van der Waals surface area contributed by atoms with Crippen molar-refractivity contribution in [2.75, 3.05) is 0 Å². The quantitative estimate of drug-likeness (QED) is 0.774. The molecule has 0 aliphatic carbocycles. The minimum atomic E-state index is -0.713. The van der Waals surface area contributed by atoms with Crippen LogP contribution in [-0.4, -0.2) is 29.7 Å². The van der Waals surface area contributed by atoms with Crippen LogP contribution in [0, 0.1) is 0 Å². The van der Waals surface area contributed by atoms with E-state index >= 15 is 0 Å². The van der Waals surface area contributed by atoms with Crippen molar-refractivity contribution in [3.05, 3.63) is 60.4 Å². The van der Waals surface area contributed by atoms with Gasteiger partial charge in [-0.25, -0.2) is 4.98 Å². The van der Waals surface area contributed by atoms with E-state index in [4.69, 9.17) is 0 Å². The van der Waals surface area contributed by atoms with Crippen molar-refractivity contribution in [2.45, 2.75) is 26.0 Å². The van der Waals surface area contributed by atoms with Gasteiger partial charge >= 0.3 is 0 Å². The highest BCUT2D eigenvalue weighted by molar-refractivity contribution is 5.28. The summed E-state index contributed by atoms with van der Waals surface area (Å²) in [5.74, 6) is 0.847. The van der Waals surface area contributed by atoms with Crippen molar-refractivity contribution in [1.29, 1.82) is 0 Å². The summed E-state index contributed by atoms with van der Waals surface area (Å²) in [6.45, 7) is 2.88. The molecule has 0 bridgehead atoms. The molecule has 0 aliphatic heterocycles. The van der Waals surface area contributed by atoms with Crippen LogP contribution in [0.5, 0.6) is 0 Å². The second kappa shape index (κ2) is 5.88. The zero-order chi connectivity index (χ0) is 14.7. The molecule has 1 aromatic carbocycles. The van der Waals surface area contributed by atoms with E-state index < -0.39 is 6.10 Å². The summed E-state index contributed by atoms with van der Waals surface area (Å²) in [7, 11) is 0. The van der Waals surface area contributed by atoms with Gasteiger partial charge in [-0.1, -0.05) is 18.2 Å². The number of aliphatic hydroxyl groups excluding tert-OH is 1. The molecule has 2 heterocycles. The second-order valence-electron chi connectivity index (χ2n) is 4.74. The van der Waals surface area contributed by atoms with Crippen LogP contribution in [-0.2, 0) is 13.0 Å². The first kappa shape index (κ1) is 13.5. The highest BCUT2D eigenvalue weighted by Crippen LogP contribution is 2.16. The summed E-state index contributed by atoms with van der Waals surface area (Å²) in [5.41, 5.74) is 1.41. The normalized spacial score (nSPS) is 12.5. The number of para-hydroxylation sites is 1. The topological polar surface area (TPSA) is 68.8 Å². The molecule has 6 heteroatoms. The second-order valence-corrected chi connectivity index (χ2v) is 4.74. The van der Waals surface area contributed by atoms with Gasteiger partial charge in [-0.3, -0.25) is 0 Å². The summed E-state index contributed by atoms with van der Waals surface area (Å²) < 4.78 is 2.00. The SMILES string of the molecule is CCn1ccnc1CC(O)c1cnn(-c2ccccc2)n1. The average molecular weight is 283 g/mol. The van der Waals surface area contributed by atoms with E-state index in [1.807, 2.05) is 48.0 Å². The largest absolute Gasteiger partial charge is 0.386 e. The Morgan fingerprint density at radius 3 is 2.81 bits per heavy atom.